The van der Waals surface area contributed by atoms with Gasteiger partial charge < -0.3 is 11.1 Å². The first-order valence-corrected chi connectivity index (χ1v) is 6.23. The van der Waals surface area contributed by atoms with Crippen molar-refractivity contribution in [2.75, 3.05) is 5.32 Å². The topological polar surface area (TPSA) is 55.1 Å². The Bertz CT molecular complexity index is 376. The van der Waals surface area contributed by atoms with Crippen molar-refractivity contribution in [3.05, 3.63) is 29.8 Å². The number of carbonyl (C=O) groups excluding carboxylic acids is 1. The van der Waals surface area contributed by atoms with Gasteiger partial charge in [0.25, 0.3) is 0 Å². The molecule has 1 aromatic rings. The van der Waals surface area contributed by atoms with Crippen molar-refractivity contribution in [1.82, 2.24) is 0 Å². The van der Waals surface area contributed by atoms with Crippen molar-refractivity contribution >= 4 is 11.6 Å². The summed E-state index contributed by atoms with van der Waals surface area (Å²) in [4.78, 5) is 11.9. The minimum atomic E-state index is -0.440. The largest absolute Gasteiger partial charge is 0.325 e. The van der Waals surface area contributed by atoms with E-state index in [1.807, 2.05) is 38.1 Å². The van der Waals surface area contributed by atoms with E-state index in [0.29, 0.717) is 0 Å². The lowest BCUT2D eigenvalue weighted by Gasteiger charge is -2.17. The summed E-state index contributed by atoms with van der Waals surface area (Å²) in [7, 11) is 0. The van der Waals surface area contributed by atoms with Crippen LogP contribution in [-0.4, -0.2) is 11.9 Å². The molecule has 0 radical (unpaired) electrons. The molecule has 0 aliphatic rings. The molecule has 0 aliphatic carbocycles. The van der Waals surface area contributed by atoms with Crippen molar-refractivity contribution in [3.63, 3.8) is 0 Å². The predicted octanol–water partition coefficient (Wildman–Crippen LogP) is 2.56. The summed E-state index contributed by atoms with van der Waals surface area (Å²) in [6.07, 6.45) is 1.87. The van der Waals surface area contributed by atoms with Crippen LogP contribution in [0.1, 0.15) is 32.8 Å². The first kappa shape index (κ1) is 13.7. The van der Waals surface area contributed by atoms with Crippen molar-refractivity contribution in [2.24, 2.45) is 11.7 Å². The van der Waals surface area contributed by atoms with Crippen LogP contribution in [0, 0.1) is 5.92 Å². The molecule has 0 heterocycles. The van der Waals surface area contributed by atoms with Gasteiger partial charge in [-0.1, -0.05) is 39.3 Å². The molecular formula is C14H22N2O. The third-order valence-electron chi connectivity index (χ3n) is 3.16. The van der Waals surface area contributed by atoms with Crippen LogP contribution in [-0.2, 0) is 11.2 Å². The Morgan fingerprint density at radius 2 is 2.12 bits per heavy atom. The van der Waals surface area contributed by atoms with E-state index in [-0.39, 0.29) is 11.8 Å². The molecule has 3 N–H and O–H groups in total. The predicted molar refractivity (Wildman–Crippen MR) is 71.9 cm³/mol. The number of benzene rings is 1. The summed E-state index contributed by atoms with van der Waals surface area (Å²) in [6, 6.07) is 7.43. The molecule has 0 spiro atoms. The molecule has 17 heavy (non-hydrogen) atoms. The van der Waals surface area contributed by atoms with Crippen LogP contribution in [0.3, 0.4) is 0 Å². The zero-order chi connectivity index (χ0) is 12.8. The van der Waals surface area contributed by atoms with E-state index in [0.717, 1.165) is 18.5 Å². The van der Waals surface area contributed by atoms with E-state index >= 15 is 0 Å². The first-order chi connectivity index (χ1) is 8.08. The second-order valence-corrected chi connectivity index (χ2v) is 4.45. The molecule has 2 atom stereocenters. The number of rotatable bonds is 5. The number of nitrogens with two attached hydrogens (primary N) is 1. The van der Waals surface area contributed by atoms with Gasteiger partial charge in [-0.2, -0.15) is 0 Å². The average molecular weight is 234 g/mol. The molecule has 1 aromatic carbocycles. The highest BCUT2D eigenvalue weighted by Gasteiger charge is 2.19. The molecule has 3 heteroatoms. The lowest BCUT2D eigenvalue weighted by molar-refractivity contribution is -0.118. The van der Waals surface area contributed by atoms with Crippen molar-refractivity contribution < 1.29 is 4.79 Å². The number of hydrogen-bond donors (Lipinski definition) is 2. The molecule has 94 valence electrons. The van der Waals surface area contributed by atoms with Crippen LogP contribution in [0.25, 0.3) is 0 Å². The minimum absolute atomic E-state index is 0.104. The van der Waals surface area contributed by atoms with Gasteiger partial charge in [-0.25, -0.2) is 0 Å². The smallest absolute Gasteiger partial charge is 0.241 e. The van der Waals surface area contributed by atoms with Crippen molar-refractivity contribution in [1.29, 1.82) is 0 Å². The molecule has 0 saturated heterocycles. The van der Waals surface area contributed by atoms with Gasteiger partial charge in [-0.3, -0.25) is 4.79 Å². The van der Waals surface area contributed by atoms with Crippen molar-refractivity contribution in [2.45, 2.75) is 39.7 Å². The second kappa shape index (κ2) is 6.40. The quantitative estimate of drug-likeness (QED) is 0.822. The molecule has 1 amide bonds. The Kier molecular flexibility index (Phi) is 5.16. The number of anilines is 1. The van der Waals surface area contributed by atoms with Crippen LogP contribution < -0.4 is 11.1 Å². The molecule has 0 fully saturated rings. The van der Waals surface area contributed by atoms with Gasteiger partial charge in [0.05, 0.1) is 6.04 Å². The fraction of sp³-hybridized carbons (Fsp3) is 0.500. The third kappa shape index (κ3) is 3.86. The van der Waals surface area contributed by atoms with Gasteiger partial charge in [0.1, 0.15) is 0 Å². The van der Waals surface area contributed by atoms with Gasteiger partial charge >= 0.3 is 0 Å². The zero-order valence-electron chi connectivity index (χ0n) is 10.9. The molecule has 1 rings (SSSR count). The number of nitrogens with one attached hydrogen (secondary N) is 1. The normalized spacial score (nSPS) is 14.1. The van der Waals surface area contributed by atoms with Crippen molar-refractivity contribution in [3.8, 4) is 0 Å². The first-order valence-electron chi connectivity index (χ1n) is 6.23. The lowest BCUT2D eigenvalue weighted by Crippen LogP contribution is -2.40. The van der Waals surface area contributed by atoms with Gasteiger partial charge in [0, 0.05) is 5.69 Å². The fourth-order valence-electron chi connectivity index (χ4n) is 1.61. The number of aryl methyl sites for hydroxylation is 1. The SMILES string of the molecule is CCc1cccc(NC(=O)[C@@H](N)C(C)CC)c1. The molecule has 3 nitrogen and oxygen atoms in total. The highest BCUT2D eigenvalue weighted by molar-refractivity contribution is 5.94. The monoisotopic (exact) mass is 234 g/mol. The van der Waals surface area contributed by atoms with Gasteiger partial charge in [0.2, 0.25) is 5.91 Å². The van der Waals surface area contributed by atoms with Gasteiger partial charge in [0.15, 0.2) is 0 Å². The van der Waals surface area contributed by atoms with E-state index in [9.17, 15) is 4.79 Å². The Balaban J connectivity index is 2.67. The van der Waals surface area contributed by atoms with E-state index in [2.05, 4.69) is 12.2 Å². The molecule has 0 aliphatic heterocycles. The van der Waals surface area contributed by atoms with Crippen LogP contribution >= 0.6 is 0 Å². The summed E-state index contributed by atoms with van der Waals surface area (Å²) in [6.45, 7) is 6.12. The summed E-state index contributed by atoms with van der Waals surface area (Å²) >= 11 is 0. The van der Waals surface area contributed by atoms with E-state index < -0.39 is 6.04 Å². The second-order valence-electron chi connectivity index (χ2n) is 4.45. The van der Waals surface area contributed by atoms with Crippen LogP contribution in [0.15, 0.2) is 24.3 Å². The van der Waals surface area contributed by atoms with Gasteiger partial charge in [-0.05, 0) is 30.0 Å². The lowest BCUT2D eigenvalue weighted by atomic mass is 9.99. The van der Waals surface area contributed by atoms with Crippen LogP contribution in [0.4, 0.5) is 5.69 Å². The number of amides is 1. The average Bonchev–Trinajstić information content (AvgIpc) is 2.37. The maximum absolute atomic E-state index is 11.9. The zero-order valence-corrected chi connectivity index (χ0v) is 10.9. The highest BCUT2D eigenvalue weighted by atomic mass is 16.2. The Hall–Kier alpha value is -1.35. The maximum Gasteiger partial charge on any atom is 0.241 e. The number of carbonyl (C=O) groups is 1. The van der Waals surface area contributed by atoms with Crippen LogP contribution in [0.5, 0.6) is 0 Å². The molecular weight excluding hydrogens is 212 g/mol. The van der Waals surface area contributed by atoms with Gasteiger partial charge in [-0.15, -0.1) is 0 Å². The van der Waals surface area contributed by atoms with E-state index in [4.69, 9.17) is 5.73 Å². The summed E-state index contributed by atoms with van der Waals surface area (Å²) < 4.78 is 0. The summed E-state index contributed by atoms with van der Waals surface area (Å²) in [5, 5.41) is 2.87. The molecule has 1 unspecified atom stereocenters. The Morgan fingerprint density at radius 3 is 2.71 bits per heavy atom. The fourth-order valence-corrected chi connectivity index (χ4v) is 1.61. The van der Waals surface area contributed by atoms with E-state index in [1.165, 1.54) is 5.56 Å². The summed E-state index contributed by atoms with van der Waals surface area (Å²) in [5.74, 6) is 0.0944. The molecule has 0 bridgehead atoms. The minimum Gasteiger partial charge on any atom is -0.325 e. The Morgan fingerprint density at radius 1 is 1.41 bits per heavy atom. The van der Waals surface area contributed by atoms with E-state index in [1.54, 1.807) is 0 Å². The molecule has 0 aromatic heterocycles. The highest BCUT2D eigenvalue weighted by Crippen LogP contribution is 2.13. The molecule has 0 saturated carbocycles. The standard InChI is InChI=1S/C14H22N2O/c1-4-10(3)13(15)14(17)16-12-8-6-7-11(5-2)9-12/h6-10,13H,4-5,15H2,1-3H3,(H,16,17)/t10?,13-/m0/s1. The third-order valence-corrected chi connectivity index (χ3v) is 3.16. The van der Waals surface area contributed by atoms with Crippen LogP contribution in [0.2, 0.25) is 0 Å². The Labute approximate surface area is 103 Å². The summed E-state index contributed by atoms with van der Waals surface area (Å²) in [5.41, 5.74) is 7.91. The maximum atomic E-state index is 11.9. The number of hydrogen-bond acceptors (Lipinski definition) is 2.